The molecule has 0 heterocycles. The number of rotatable bonds is 8. The molecule has 0 spiro atoms. The van der Waals surface area contributed by atoms with Crippen LogP contribution in [0.2, 0.25) is 0 Å². The first-order chi connectivity index (χ1) is 9.43. The SMILES string of the molecule is CCCC[C@H](NCC(C)c1cc(F)cc(F)c1)C(=O)O. The van der Waals surface area contributed by atoms with Gasteiger partial charge in [-0.2, -0.15) is 0 Å². The van der Waals surface area contributed by atoms with Gasteiger partial charge in [-0.25, -0.2) is 8.78 Å². The van der Waals surface area contributed by atoms with Crippen molar-refractivity contribution in [2.24, 2.45) is 0 Å². The molecule has 1 rings (SSSR count). The molecule has 2 N–H and O–H groups in total. The Labute approximate surface area is 118 Å². The van der Waals surface area contributed by atoms with Crippen LogP contribution in [0.5, 0.6) is 0 Å². The fraction of sp³-hybridized carbons (Fsp3) is 0.533. The molecule has 2 atom stereocenters. The maximum atomic E-state index is 13.1. The monoisotopic (exact) mass is 285 g/mol. The van der Waals surface area contributed by atoms with Crippen molar-refractivity contribution in [3.63, 3.8) is 0 Å². The van der Waals surface area contributed by atoms with Gasteiger partial charge < -0.3 is 10.4 Å². The molecule has 1 aromatic rings. The van der Waals surface area contributed by atoms with E-state index in [2.05, 4.69) is 5.32 Å². The molecule has 0 aliphatic rings. The fourth-order valence-electron chi connectivity index (χ4n) is 2.02. The standard InChI is InChI=1S/C15H21F2NO2/c1-3-4-5-14(15(19)20)18-9-10(2)11-6-12(16)8-13(17)7-11/h6-8,10,14,18H,3-5,9H2,1-2H3,(H,19,20)/t10?,14-/m0/s1. The molecule has 20 heavy (non-hydrogen) atoms. The molecule has 0 amide bonds. The van der Waals surface area contributed by atoms with E-state index in [1.165, 1.54) is 12.1 Å². The van der Waals surface area contributed by atoms with E-state index >= 15 is 0 Å². The number of halogens is 2. The highest BCUT2D eigenvalue weighted by Crippen LogP contribution is 2.17. The molecule has 0 aliphatic carbocycles. The van der Waals surface area contributed by atoms with Gasteiger partial charge in [0.05, 0.1) is 0 Å². The number of hydrogen-bond donors (Lipinski definition) is 2. The minimum atomic E-state index is -0.893. The molecule has 0 radical (unpaired) electrons. The van der Waals surface area contributed by atoms with Gasteiger partial charge in [0.15, 0.2) is 0 Å². The van der Waals surface area contributed by atoms with E-state index in [-0.39, 0.29) is 5.92 Å². The van der Waals surface area contributed by atoms with Crippen molar-refractivity contribution in [1.82, 2.24) is 5.32 Å². The number of carboxylic acid groups (broad SMARTS) is 1. The predicted molar refractivity (Wildman–Crippen MR) is 73.7 cm³/mol. The van der Waals surface area contributed by atoms with E-state index < -0.39 is 23.6 Å². The molecule has 0 aliphatic heterocycles. The van der Waals surface area contributed by atoms with E-state index in [4.69, 9.17) is 5.11 Å². The van der Waals surface area contributed by atoms with Gasteiger partial charge in [0.2, 0.25) is 0 Å². The highest BCUT2D eigenvalue weighted by atomic mass is 19.1. The van der Waals surface area contributed by atoms with Gasteiger partial charge in [0.25, 0.3) is 0 Å². The number of hydrogen-bond acceptors (Lipinski definition) is 2. The Kier molecular flexibility index (Phi) is 6.58. The lowest BCUT2D eigenvalue weighted by molar-refractivity contribution is -0.139. The van der Waals surface area contributed by atoms with Crippen LogP contribution < -0.4 is 5.32 Å². The molecule has 5 heteroatoms. The van der Waals surface area contributed by atoms with Crippen LogP contribution in [0, 0.1) is 11.6 Å². The van der Waals surface area contributed by atoms with Gasteiger partial charge in [-0.15, -0.1) is 0 Å². The Morgan fingerprint density at radius 1 is 1.30 bits per heavy atom. The molecular formula is C15H21F2NO2. The normalized spacial score (nSPS) is 14.0. The summed E-state index contributed by atoms with van der Waals surface area (Å²) < 4.78 is 26.3. The Balaban J connectivity index is 2.60. The van der Waals surface area contributed by atoms with Gasteiger partial charge in [0, 0.05) is 12.6 Å². The number of benzene rings is 1. The summed E-state index contributed by atoms with van der Waals surface area (Å²) in [6.45, 7) is 4.17. The summed E-state index contributed by atoms with van der Waals surface area (Å²) in [5.74, 6) is -2.29. The molecule has 0 bridgehead atoms. The number of nitrogens with one attached hydrogen (secondary N) is 1. The molecule has 1 aromatic carbocycles. The average Bonchev–Trinajstić information content (AvgIpc) is 2.36. The van der Waals surface area contributed by atoms with Crippen LogP contribution in [0.3, 0.4) is 0 Å². The van der Waals surface area contributed by atoms with E-state index in [0.717, 1.165) is 18.9 Å². The van der Waals surface area contributed by atoms with Crippen LogP contribution in [0.1, 0.15) is 44.6 Å². The highest BCUT2D eigenvalue weighted by Gasteiger charge is 2.17. The average molecular weight is 285 g/mol. The van der Waals surface area contributed by atoms with Gasteiger partial charge in [-0.05, 0) is 30.0 Å². The van der Waals surface area contributed by atoms with Crippen molar-refractivity contribution in [2.75, 3.05) is 6.54 Å². The number of aliphatic carboxylic acids is 1. The van der Waals surface area contributed by atoms with Gasteiger partial charge >= 0.3 is 5.97 Å². The summed E-state index contributed by atoms with van der Waals surface area (Å²) in [5.41, 5.74) is 0.523. The van der Waals surface area contributed by atoms with Crippen molar-refractivity contribution in [2.45, 2.75) is 45.1 Å². The van der Waals surface area contributed by atoms with Crippen LogP contribution in [-0.2, 0) is 4.79 Å². The molecule has 1 unspecified atom stereocenters. The largest absolute Gasteiger partial charge is 0.480 e. The highest BCUT2D eigenvalue weighted by molar-refractivity contribution is 5.73. The molecule has 0 aromatic heterocycles. The summed E-state index contributed by atoms with van der Waals surface area (Å²) in [7, 11) is 0. The molecule has 112 valence electrons. The van der Waals surface area contributed by atoms with Crippen molar-refractivity contribution >= 4 is 5.97 Å². The number of carbonyl (C=O) groups is 1. The van der Waals surface area contributed by atoms with Crippen LogP contribution in [0.4, 0.5) is 8.78 Å². The second-order valence-corrected chi connectivity index (χ2v) is 5.05. The second-order valence-electron chi connectivity index (χ2n) is 5.05. The fourth-order valence-corrected chi connectivity index (χ4v) is 2.02. The van der Waals surface area contributed by atoms with Crippen molar-refractivity contribution < 1.29 is 18.7 Å². The smallest absolute Gasteiger partial charge is 0.320 e. The third-order valence-corrected chi connectivity index (χ3v) is 3.27. The van der Waals surface area contributed by atoms with E-state index in [9.17, 15) is 13.6 Å². The third-order valence-electron chi connectivity index (χ3n) is 3.27. The van der Waals surface area contributed by atoms with E-state index in [0.29, 0.717) is 18.5 Å². The lowest BCUT2D eigenvalue weighted by Gasteiger charge is -2.18. The summed E-state index contributed by atoms with van der Waals surface area (Å²) in [6, 6.07) is 2.76. The van der Waals surface area contributed by atoms with E-state index in [1.54, 1.807) is 6.92 Å². The van der Waals surface area contributed by atoms with E-state index in [1.807, 2.05) is 6.92 Å². The first kappa shape index (κ1) is 16.6. The second kappa shape index (κ2) is 7.94. The Hall–Kier alpha value is -1.49. The van der Waals surface area contributed by atoms with Crippen LogP contribution in [0.25, 0.3) is 0 Å². The topological polar surface area (TPSA) is 49.3 Å². The molecule has 0 saturated carbocycles. The maximum Gasteiger partial charge on any atom is 0.320 e. The zero-order valence-corrected chi connectivity index (χ0v) is 11.8. The zero-order valence-electron chi connectivity index (χ0n) is 11.8. The van der Waals surface area contributed by atoms with Crippen molar-refractivity contribution in [3.8, 4) is 0 Å². The Morgan fingerprint density at radius 2 is 1.90 bits per heavy atom. The number of carboxylic acids is 1. The third kappa shape index (κ3) is 5.25. The van der Waals surface area contributed by atoms with Gasteiger partial charge in [-0.3, -0.25) is 4.79 Å². The minimum Gasteiger partial charge on any atom is -0.480 e. The predicted octanol–water partition coefficient (Wildman–Crippen LogP) is 3.30. The van der Waals surface area contributed by atoms with Crippen LogP contribution in [-0.4, -0.2) is 23.7 Å². The zero-order chi connectivity index (χ0) is 15.1. The maximum absolute atomic E-state index is 13.1. The molecular weight excluding hydrogens is 264 g/mol. The summed E-state index contributed by atoms with van der Waals surface area (Å²) >= 11 is 0. The van der Waals surface area contributed by atoms with Gasteiger partial charge in [0.1, 0.15) is 17.7 Å². The lowest BCUT2D eigenvalue weighted by atomic mass is 10.00. The van der Waals surface area contributed by atoms with Crippen molar-refractivity contribution in [1.29, 1.82) is 0 Å². The minimum absolute atomic E-state index is 0.163. The quantitative estimate of drug-likeness (QED) is 0.770. The molecule has 3 nitrogen and oxygen atoms in total. The first-order valence-corrected chi connectivity index (χ1v) is 6.86. The van der Waals surface area contributed by atoms with Crippen LogP contribution >= 0.6 is 0 Å². The first-order valence-electron chi connectivity index (χ1n) is 6.86. The van der Waals surface area contributed by atoms with Crippen LogP contribution in [0.15, 0.2) is 18.2 Å². The summed E-state index contributed by atoms with van der Waals surface area (Å²) in [6.07, 6.45) is 2.30. The van der Waals surface area contributed by atoms with Crippen molar-refractivity contribution in [3.05, 3.63) is 35.4 Å². The molecule has 0 fully saturated rings. The Morgan fingerprint density at radius 3 is 2.40 bits per heavy atom. The summed E-state index contributed by atoms with van der Waals surface area (Å²) in [5, 5.41) is 12.0. The Bertz CT molecular complexity index is 431. The number of unbranched alkanes of at least 4 members (excludes halogenated alkanes) is 1. The lowest BCUT2D eigenvalue weighted by Crippen LogP contribution is -2.38. The molecule has 0 saturated heterocycles. The van der Waals surface area contributed by atoms with Gasteiger partial charge in [-0.1, -0.05) is 26.7 Å². The summed E-state index contributed by atoms with van der Waals surface area (Å²) in [4.78, 5) is 11.1.